The third kappa shape index (κ3) is 2.33. The van der Waals surface area contributed by atoms with Crippen molar-refractivity contribution in [2.75, 3.05) is 5.88 Å². The zero-order chi connectivity index (χ0) is 10.7. The van der Waals surface area contributed by atoms with Crippen LogP contribution in [-0.4, -0.2) is 16.1 Å². The summed E-state index contributed by atoms with van der Waals surface area (Å²) in [7, 11) is 0. The number of rotatable bonds is 4. The second kappa shape index (κ2) is 4.52. The zero-order valence-electron chi connectivity index (χ0n) is 9.13. The van der Waals surface area contributed by atoms with Crippen molar-refractivity contribution in [2.24, 2.45) is 0 Å². The van der Waals surface area contributed by atoms with E-state index < -0.39 is 0 Å². The molecule has 1 aliphatic carbocycles. The van der Waals surface area contributed by atoms with E-state index in [1.807, 2.05) is 0 Å². The number of halogens is 1. The largest absolute Gasteiger partial charge is 0.425 e. The molecule has 3 nitrogen and oxygen atoms in total. The summed E-state index contributed by atoms with van der Waals surface area (Å²) in [5, 5.41) is 8.23. The number of hydrogen-bond donors (Lipinski definition) is 0. The Morgan fingerprint density at radius 2 is 2.07 bits per heavy atom. The highest BCUT2D eigenvalue weighted by atomic mass is 35.5. The van der Waals surface area contributed by atoms with Crippen molar-refractivity contribution >= 4 is 11.6 Å². The summed E-state index contributed by atoms with van der Waals surface area (Å²) in [5.74, 6) is 2.21. The molecule has 1 aromatic rings. The van der Waals surface area contributed by atoms with Gasteiger partial charge in [-0.1, -0.05) is 19.8 Å². The van der Waals surface area contributed by atoms with Crippen LogP contribution in [0.15, 0.2) is 4.42 Å². The van der Waals surface area contributed by atoms with Crippen LogP contribution in [0.2, 0.25) is 0 Å². The van der Waals surface area contributed by atoms with Gasteiger partial charge in [0, 0.05) is 17.7 Å². The Bertz CT molecular complexity index is 318. The molecule has 0 N–H and O–H groups in total. The van der Waals surface area contributed by atoms with Crippen molar-refractivity contribution in [3.8, 4) is 0 Å². The molecular weight excluding hydrogens is 212 g/mol. The fourth-order valence-electron chi connectivity index (χ4n) is 2.19. The van der Waals surface area contributed by atoms with Crippen LogP contribution in [-0.2, 0) is 11.8 Å². The summed E-state index contributed by atoms with van der Waals surface area (Å²) in [6.45, 7) is 2.22. The van der Waals surface area contributed by atoms with Gasteiger partial charge in [-0.3, -0.25) is 0 Å². The van der Waals surface area contributed by atoms with Crippen LogP contribution in [0.25, 0.3) is 0 Å². The maximum atomic E-state index is 5.69. The molecule has 1 saturated carbocycles. The van der Waals surface area contributed by atoms with Crippen molar-refractivity contribution in [1.82, 2.24) is 10.2 Å². The van der Waals surface area contributed by atoms with E-state index in [0.29, 0.717) is 5.88 Å². The van der Waals surface area contributed by atoms with Crippen LogP contribution in [0.5, 0.6) is 0 Å². The molecule has 0 amide bonds. The first kappa shape index (κ1) is 10.9. The first-order valence-corrected chi connectivity index (χ1v) is 6.17. The SMILES string of the molecule is CC1(c2nnc(CCCCl)o2)CCCC1. The lowest BCUT2D eigenvalue weighted by Gasteiger charge is -2.17. The standard InChI is InChI=1S/C11H17ClN2O/c1-11(6-2-3-7-11)10-14-13-9(15-10)5-4-8-12/h2-8H2,1H3. The summed E-state index contributed by atoms with van der Waals surface area (Å²) in [5.41, 5.74) is 0.131. The number of nitrogens with zero attached hydrogens (tertiary/aromatic N) is 2. The zero-order valence-corrected chi connectivity index (χ0v) is 9.89. The van der Waals surface area contributed by atoms with Crippen LogP contribution in [0, 0.1) is 0 Å². The first-order valence-electron chi connectivity index (χ1n) is 5.63. The summed E-state index contributed by atoms with van der Waals surface area (Å²) < 4.78 is 5.69. The second-order valence-corrected chi connectivity index (χ2v) is 4.94. The third-order valence-electron chi connectivity index (χ3n) is 3.21. The molecule has 0 bridgehead atoms. The van der Waals surface area contributed by atoms with Gasteiger partial charge in [0.1, 0.15) is 0 Å². The smallest absolute Gasteiger partial charge is 0.222 e. The Hall–Kier alpha value is -0.570. The molecule has 0 aromatic carbocycles. The first-order chi connectivity index (χ1) is 7.24. The third-order valence-corrected chi connectivity index (χ3v) is 3.48. The van der Waals surface area contributed by atoms with Gasteiger partial charge in [0.15, 0.2) is 0 Å². The van der Waals surface area contributed by atoms with Gasteiger partial charge in [0.25, 0.3) is 0 Å². The normalized spacial score (nSPS) is 19.6. The summed E-state index contributed by atoms with van der Waals surface area (Å²) in [6.07, 6.45) is 6.59. The molecule has 1 aliphatic rings. The molecule has 0 spiro atoms. The molecule has 1 fully saturated rings. The highest BCUT2D eigenvalue weighted by Crippen LogP contribution is 2.39. The fraction of sp³-hybridized carbons (Fsp3) is 0.818. The lowest BCUT2D eigenvalue weighted by atomic mass is 9.89. The van der Waals surface area contributed by atoms with E-state index in [0.717, 1.165) is 24.6 Å². The number of aromatic nitrogens is 2. The topological polar surface area (TPSA) is 38.9 Å². The van der Waals surface area contributed by atoms with E-state index in [2.05, 4.69) is 17.1 Å². The fourth-order valence-corrected chi connectivity index (χ4v) is 2.32. The van der Waals surface area contributed by atoms with E-state index in [9.17, 15) is 0 Å². The van der Waals surface area contributed by atoms with Gasteiger partial charge in [-0.05, 0) is 19.3 Å². The highest BCUT2D eigenvalue weighted by molar-refractivity contribution is 6.17. The van der Waals surface area contributed by atoms with Crippen molar-refractivity contribution in [3.05, 3.63) is 11.8 Å². The molecule has 0 radical (unpaired) electrons. The van der Waals surface area contributed by atoms with Crippen molar-refractivity contribution < 1.29 is 4.42 Å². The number of alkyl halides is 1. The molecular formula is C11H17ClN2O. The minimum Gasteiger partial charge on any atom is -0.425 e. The van der Waals surface area contributed by atoms with Gasteiger partial charge >= 0.3 is 0 Å². The van der Waals surface area contributed by atoms with Crippen molar-refractivity contribution in [1.29, 1.82) is 0 Å². The van der Waals surface area contributed by atoms with E-state index in [4.69, 9.17) is 16.0 Å². The maximum absolute atomic E-state index is 5.69. The van der Waals surface area contributed by atoms with E-state index in [-0.39, 0.29) is 5.41 Å². The van der Waals surface area contributed by atoms with E-state index in [1.165, 1.54) is 25.7 Å². The van der Waals surface area contributed by atoms with Gasteiger partial charge in [-0.2, -0.15) is 0 Å². The van der Waals surface area contributed by atoms with Crippen LogP contribution < -0.4 is 0 Å². The minimum atomic E-state index is 0.131. The van der Waals surface area contributed by atoms with E-state index in [1.54, 1.807) is 0 Å². The minimum absolute atomic E-state index is 0.131. The van der Waals surface area contributed by atoms with Crippen molar-refractivity contribution in [3.63, 3.8) is 0 Å². The molecule has 2 rings (SSSR count). The quantitative estimate of drug-likeness (QED) is 0.744. The Labute approximate surface area is 95.2 Å². The van der Waals surface area contributed by atoms with Gasteiger partial charge in [-0.15, -0.1) is 21.8 Å². The Morgan fingerprint density at radius 1 is 1.33 bits per heavy atom. The van der Waals surface area contributed by atoms with Gasteiger partial charge in [0.05, 0.1) is 0 Å². The highest BCUT2D eigenvalue weighted by Gasteiger charge is 2.35. The van der Waals surface area contributed by atoms with Gasteiger partial charge in [-0.25, -0.2) is 0 Å². The average molecular weight is 229 g/mol. The molecule has 4 heteroatoms. The maximum Gasteiger partial charge on any atom is 0.222 e. The summed E-state index contributed by atoms with van der Waals surface area (Å²) in [6, 6.07) is 0. The average Bonchev–Trinajstić information content (AvgIpc) is 2.84. The predicted molar refractivity (Wildman–Crippen MR) is 59.2 cm³/mol. The predicted octanol–water partition coefficient (Wildman–Crippen LogP) is 3.07. The summed E-state index contributed by atoms with van der Waals surface area (Å²) >= 11 is 5.62. The Morgan fingerprint density at radius 3 is 2.73 bits per heavy atom. The lowest BCUT2D eigenvalue weighted by Crippen LogP contribution is -2.17. The number of aryl methyl sites for hydroxylation is 1. The molecule has 1 aromatic heterocycles. The van der Waals surface area contributed by atoms with Gasteiger partial charge < -0.3 is 4.42 Å². The lowest BCUT2D eigenvalue weighted by molar-refractivity contribution is 0.336. The van der Waals surface area contributed by atoms with Gasteiger partial charge in [0.2, 0.25) is 11.8 Å². The molecule has 15 heavy (non-hydrogen) atoms. The summed E-state index contributed by atoms with van der Waals surface area (Å²) in [4.78, 5) is 0. The van der Waals surface area contributed by atoms with Crippen LogP contribution >= 0.6 is 11.6 Å². The Kier molecular flexibility index (Phi) is 3.29. The molecule has 84 valence electrons. The second-order valence-electron chi connectivity index (χ2n) is 4.56. The van der Waals surface area contributed by atoms with Crippen molar-refractivity contribution in [2.45, 2.75) is 50.9 Å². The molecule has 0 aliphatic heterocycles. The molecule has 0 atom stereocenters. The monoisotopic (exact) mass is 228 g/mol. The van der Waals surface area contributed by atoms with E-state index >= 15 is 0 Å². The Balaban J connectivity index is 2.05. The molecule has 1 heterocycles. The van der Waals surface area contributed by atoms with Crippen LogP contribution in [0.4, 0.5) is 0 Å². The number of hydrogen-bond acceptors (Lipinski definition) is 3. The molecule has 0 unspecified atom stereocenters. The molecule has 0 saturated heterocycles. The van der Waals surface area contributed by atoms with Crippen LogP contribution in [0.3, 0.4) is 0 Å². The van der Waals surface area contributed by atoms with Crippen LogP contribution in [0.1, 0.15) is 50.8 Å².